The molecule has 3 rings (SSSR count). The Kier molecular flexibility index (Phi) is 4.05. The minimum atomic E-state index is 0.168. The molecule has 0 fully saturated rings. The van der Waals surface area contributed by atoms with Crippen molar-refractivity contribution in [3.05, 3.63) is 60.2 Å². The van der Waals surface area contributed by atoms with E-state index in [-0.39, 0.29) is 6.04 Å². The van der Waals surface area contributed by atoms with Crippen molar-refractivity contribution in [3.63, 3.8) is 0 Å². The van der Waals surface area contributed by atoms with Crippen LogP contribution in [-0.4, -0.2) is 18.6 Å². The van der Waals surface area contributed by atoms with Crippen LogP contribution in [0.2, 0.25) is 0 Å². The lowest BCUT2D eigenvalue weighted by Crippen LogP contribution is -2.45. The molecule has 108 valence electrons. The monoisotopic (exact) mass is 281 g/mol. The van der Waals surface area contributed by atoms with E-state index in [1.165, 1.54) is 5.56 Å². The summed E-state index contributed by atoms with van der Waals surface area (Å²) in [5.74, 6) is 1.69. The minimum absolute atomic E-state index is 0.168. The maximum atomic E-state index is 5.73. The fourth-order valence-corrected chi connectivity index (χ4v) is 2.20. The highest BCUT2D eigenvalue weighted by molar-refractivity contribution is 5.85. The second-order valence-electron chi connectivity index (χ2n) is 5.11. The van der Waals surface area contributed by atoms with Crippen LogP contribution in [0.1, 0.15) is 12.5 Å². The van der Waals surface area contributed by atoms with Crippen molar-refractivity contribution in [2.24, 2.45) is 4.99 Å². The van der Waals surface area contributed by atoms with Crippen LogP contribution >= 0.6 is 0 Å². The molecule has 1 aliphatic rings. The first kappa shape index (κ1) is 13.5. The summed E-state index contributed by atoms with van der Waals surface area (Å²) in [5, 5.41) is 6.63. The van der Waals surface area contributed by atoms with E-state index in [1.54, 1.807) is 0 Å². The van der Waals surface area contributed by atoms with Crippen molar-refractivity contribution in [1.82, 2.24) is 10.6 Å². The number of nitrogens with zero attached hydrogens (tertiary/aromatic N) is 1. The molecule has 4 nitrogen and oxygen atoms in total. The average molecular weight is 281 g/mol. The van der Waals surface area contributed by atoms with Gasteiger partial charge in [-0.1, -0.05) is 36.4 Å². The summed E-state index contributed by atoms with van der Waals surface area (Å²) < 4.78 is 5.73. The molecule has 0 aliphatic carbocycles. The number of guanidine groups is 1. The Morgan fingerprint density at radius 3 is 2.76 bits per heavy atom. The molecule has 0 unspecified atom stereocenters. The van der Waals surface area contributed by atoms with Gasteiger partial charge in [-0.25, -0.2) is 4.99 Å². The molecular formula is C17H19N3O. The standard InChI is InChI=1S/C17H19N3O/c1-13(12-21-15-8-3-2-4-9-15)19-17-18-11-14-7-5-6-10-16(14)20-17/h2-10,13H,11-12H2,1H3,(H2,18,19,20)/t13-/m1/s1. The van der Waals surface area contributed by atoms with Crippen molar-refractivity contribution in [2.75, 3.05) is 6.61 Å². The van der Waals surface area contributed by atoms with Gasteiger partial charge in [-0.15, -0.1) is 0 Å². The summed E-state index contributed by atoms with van der Waals surface area (Å²) in [6.45, 7) is 3.47. The van der Waals surface area contributed by atoms with Crippen LogP contribution in [0.25, 0.3) is 0 Å². The van der Waals surface area contributed by atoms with E-state index >= 15 is 0 Å². The maximum Gasteiger partial charge on any atom is 0.197 e. The number of para-hydroxylation sites is 2. The summed E-state index contributed by atoms with van der Waals surface area (Å²) >= 11 is 0. The molecule has 21 heavy (non-hydrogen) atoms. The third-order valence-corrected chi connectivity index (χ3v) is 3.30. The van der Waals surface area contributed by atoms with E-state index in [2.05, 4.69) is 28.6 Å². The zero-order chi connectivity index (χ0) is 14.5. The molecule has 0 radical (unpaired) electrons. The Morgan fingerprint density at radius 2 is 1.90 bits per heavy atom. The van der Waals surface area contributed by atoms with Crippen LogP contribution in [0.15, 0.2) is 59.6 Å². The van der Waals surface area contributed by atoms with Crippen LogP contribution in [-0.2, 0) is 6.54 Å². The predicted octanol–water partition coefficient (Wildman–Crippen LogP) is 2.83. The molecule has 1 atom stereocenters. The maximum absolute atomic E-state index is 5.73. The Bertz CT molecular complexity index is 625. The smallest absolute Gasteiger partial charge is 0.197 e. The molecule has 4 heteroatoms. The highest BCUT2D eigenvalue weighted by Gasteiger charge is 2.12. The Hall–Kier alpha value is -2.49. The normalized spacial score (nSPS) is 14.4. The second-order valence-corrected chi connectivity index (χ2v) is 5.11. The number of fused-ring (bicyclic) bond motifs is 1. The van der Waals surface area contributed by atoms with Gasteiger partial charge in [0, 0.05) is 6.54 Å². The van der Waals surface area contributed by atoms with E-state index in [1.807, 2.05) is 48.5 Å². The summed E-state index contributed by atoms with van der Waals surface area (Å²) in [5.41, 5.74) is 2.24. The van der Waals surface area contributed by atoms with Crippen LogP contribution in [0, 0.1) is 0 Å². The van der Waals surface area contributed by atoms with Crippen LogP contribution in [0.5, 0.6) is 5.75 Å². The van der Waals surface area contributed by atoms with Crippen LogP contribution in [0.3, 0.4) is 0 Å². The molecule has 1 aliphatic heterocycles. The van der Waals surface area contributed by atoms with Crippen molar-refractivity contribution in [2.45, 2.75) is 19.5 Å². The van der Waals surface area contributed by atoms with Gasteiger partial charge in [0.2, 0.25) is 0 Å². The molecule has 0 bridgehead atoms. The van der Waals surface area contributed by atoms with Gasteiger partial charge in [-0.2, -0.15) is 0 Å². The van der Waals surface area contributed by atoms with E-state index < -0.39 is 0 Å². The lowest BCUT2D eigenvalue weighted by atomic mass is 10.1. The molecule has 2 N–H and O–H groups in total. The second kappa shape index (κ2) is 6.31. The van der Waals surface area contributed by atoms with E-state index in [0.29, 0.717) is 6.61 Å². The van der Waals surface area contributed by atoms with Crippen LogP contribution < -0.4 is 15.4 Å². The zero-order valence-electron chi connectivity index (χ0n) is 12.0. The number of ether oxygens (including phenoxy) is 1. The summed E-state index contributed by atoms with van der Waals surface area (Å²) in [4.78, 5) is 4.58. The number of hydrogen-bond acceptors (Lipinski definition) is 4. The third-order valence-electron chi connectivity index (χ3n) is 3.30. The molecule has 1 heterocycles. The fraction of sp³-hybridized carbons (Fsp3) is 0.235. The molecule has 2 aromatic rings. The average Bonchev–Trinajstić information content (AvgIpc) is 2.54. The fourth-order valence-electron chi connectivity index (χ4n) is 2.20. The van der Waals surface area contributed by atoms with Gasteiger partial charge in [-0.05, 0) is 30.7 Å². The molecule has 0 aromatic heterocycles. The number of nitrogens with one attached hydrogen (secondary N) is 2. The quantitative estimate of drug-likeness (QED) is 0.906. The molecule has 0 amide bonds. The van der Waals surface area contributed by atoms with E-state index in [0.717, 1.165) is 23.9 Å². The third kappa shape index (κ3) is 3.54. The number of hydrogen-bond donors (Lipinski definition) is 2. The molecule has 0 saturated heterocycles. The van der Waals surface area contributed by atoms with E-state index in [4.69, 9.17) is 4.74 Å². The van der Waals surface area contributed by atoms with E-state index in [9.17, 15) is 0 Å². The first-order valence-electron chi connectivity index (χ1n) is 7.16. The SMILES string of the molecule is C[C@H](COc1ccccc1)NC1=Nc2ccccc2CN1. The predicted molar refractivity (Wildman–Crippen MR) is 84.9 cm³/mol. The number of rotatable bonds is 4. The lowest BCUT2D eigenvalue weighted by Gasteiger charge is -2.22. The van der Waals surface area contributed by atoms with Gasteiger partial charge in [0.05, 0.1) is 11.7 Å². The zero-order valence-corrected chi connectivity index (χ0v) is 12.0. The van der Waals surface area contributed by atoms with Gasteiger partial charge in [-0.3, -0.25) is 0 Å². The highest BCUT2D eigenvalue weighted by Crippen LogP contribution is 2.20. The Balaban J connectivity index is 1.56. The molecule has 2 aromatic carbocycles. The summed E-state index contributed by atoms with van der Waals surface area (Å²) in [6.07, 6.45) is 0. The number of benzene rings is 2. The first-order valence-corrected chi connectivity index (χ1v) is 7.16. The largest absolute Gasteiger partial charge is 0.491 e. The Morgan fingerprint density at radius 1 is 1.14 bits per heavy atom. The van der Waals surface area contributed by atoms with Crippen molar-refractivity contribution >= 4 is 11.6 Å². The minimum Gasteiger partial charge on any atom is -0.491 e. The number of aliphatic imine (C=N–C) groups is 1. The van der Waals surface area contributed by atoms with Gasteiger partial charge >= 0.3 is 0 Å². The highest BCUT2D eigenvalue weighted by atomic mass is 16.5. The van der Waals surface area contributed by atoms with Gasteiger partial charge in [0.15, 0.2) is 5.96 Å². The molecular weight excluding hydrogens is 262 g/mol. The van der Waals surface area contributed by atoms with Crippen LogP contribution in [0.4, 0.5) is 5.69 Å². The van der Waals surface area contributed by atoms with Crippen molar-refractivity contribution < 1.29 is 4.74 Å². The summed E-state index contributed by atoms with van der Waals surface area (Å²) in [6, 6.07) is 18.2. The lowest BCUT2D eigenvalue weighted by molar-refractivity contribution is 0.285. The van der Waals surface area contributed by atoms with Gasteiger partial charge in [0.1, 0.15) is 12.4 Å². The van der Waals surface area contributed by atoms with Gasteiger partial charge in [0.25, 0.3) is 0 Å². The molecule has 0 saturated carbocycles. The van der Waals surface area contributed by atoms with Gasteiger partial charge < -0.3 is 15.4 Å². The summed E-state index contributed by atoms with van der Waals surface area (Å²) in [7, 11) is 0. The first-order chi connectivity index (χ1) is 10.3. The van der Waals surface area contributed by atoms with Crippen molar-refractivity contribution in [1.29, 1.82) is 0 Å². The Labute approximate surface area is 124 Å². The topological polar surface area (TPSA) is 45.6 Å². The molecule has 0 spiro atoms. The van der Waals surface area contributed by atoms with Crippen molar-refractivity contribution in [3.8, 4) is 5.75 Å².